The topological polar surface area (TPSA) is 102 Å². The zero-order valence-corrected chi connectivity index (χ0v) is 12.7. The van der Waals surface area contributed by atoms with E-state index in [0.29, 0.717) is 5.75 Å². The molecule has 2 rings (SSSR count). The third kappa shape index (κ3) is 3.97. The molecule has 0 aliphatic carbocycles. The van der Waals surface area contributed by atoms with Crippen LogP contribution in [0.25, 0.3) is 0 Å². The van der Waals surface area contributed by atoms with Crippen molar-refractivity contribution in [2.75, 3.05) is 11.9 Å². The number of para-hydroxylation sites is 1. The smallest absolute Gasteiger partial charge is 0.271 e. The van der Waals surface area contributed by atoms with Crippen molar-refractivity contribution in [2.45, 2.75) is 13.8 Å². The minimum atomic E-state index is -0.609. The summed E-state index contributed by atoms with van der Waals surface area (Å²) in [7, 11) is 0. The van der Waals surface area contributed by atoms with Gasteiger partial charge in [0.05, 0.1) is 10.6 Å². The van der Waals surface area contributed by atoms with Crippen LogP contribution < -0.4 is 10.1 Å². The van der Waals surface area contributed by atoms with Gasteiger partial charge in [0.25, 0.3) is 11.6 Å². The first-order valence-electron chi connectivity index (χ1n) is 6.84. The van der Waals surface area contributed by atoms with Crippen molar-refractivity contribution in [3.05, 3.63) is 57.6 Å². The largest absolute Gasteiger partial charge is 0.506 e. The number of nitrogens with one attached hydrogen (secondary N) is 1. The number of phenols is 1. The van der Waals surface area contributed by atoms with Crippen LogP contribution in [0, 0.1) is 24.0 Å². The Hall–Kier alpha value is -3.09. The first-order valence-corrected chi connectivity index (χ1v) is 6.84. The van der Waals surface area contributed by atoms with Gasteiger partial charge in [-0.05, 0) is 31.0 Å². The quantitative estimate of drug-likeness (QED) is 0.501. The molecule has 1 amide bonds. The number of nitro benzene ring substituents is 1. The van der Waals surface area contributed by atoms with E-state index in [1.165, 1.54) is 0 Å². The van der Waals surface area contributed by atoms with E-state index in [4.69, 9.17) is 4.74 Å². The van der Waals surface area contributed by atoms with Crippen molar-refractivity contribution < 1.29 is 19.6 Å². The summed E-state index contributed by atoms with van der Waals surface area (Å²) in [6.07, 6.45) is 0. The Morgan fingerprint density at radius 1 is 1.26 bits per heavy atom. The predicted molar refractivity (Wildman–Crippen MR) is 84.8 cm³/mol. The summed E-state index contributed by atoms with van der Waals surface area (Å²) in [5.41, 5.74) is 1.54. The van der Waals surface area contributed by atoms with Gasteiger partial charge < -0.3 is 15.2 Å². The van der Waals surface area contributed by atoms with Crippen molar-refractivity contribution in [2.24, 2.45) is 0 Å². The molecular weight excluding hydrogens is 300 g/mol. The van der Waals surface area contributed by atoms with Gasteiger partial charge in [-0.2, -0.15) is 0 Å². The van der Waals surface area contributed by atoms with Crippen LogP contribution in [0.15, 0.2) is 36.4 Å². The lowest BCUT2D eigenvalue weighted by Crippen LogP contribution is -2.20. The van der Waals surface area contributed by atoms with E-state index in [-0.39, 0.29) is 23.7 Å². The van der Waals surface area contributed by atoms with E-state index in [1.807, 2.05) is 32.0 Å². The Morgan fingerprint density at radius 2 is 1.91 bits per heavy atom. The number of nitrogens with zero attached hydrogens (tertiary/aromatic N) is 1. The van der Waals surface area contributed by atoms with Crippen LogP contribution in [0.2, 0.25) is 0 Å². The lowest BCUT2D eigenvalue weighted by molar-refractivity contribution is -0.384. The minimum Gasteiger partial charge on any atom is -0.506 e. The van der Waals surface area contributed by atoms with Gasteiger partial charge in [0.15, 0.2) is 6.61 Å². The molecule has 120 valence electrons. The van der Waals surface area contributed by atoms with E-state index in [1.54, 1.807) is 0 Å². The van der Waals surface area contributed by atoms with Crippen LogP contribution in [0.5, 0.6) is 11.5 Å². The molecule has 0 unspecified atom stereocenters. The molecule has 0 aliphatic heterocycles. The fraction of sp³-hybridized carbons (Fsp3) is 0.188. The number of benzene rings is 2. The second-order valence-electron chi connectivity index (χ2n) is 5.02. The minimum absolute atomic E-state index is 0.0331. The highest BCUT2D eigenvalue weighted by Gasteiger charge is 2.13. The Balaban J connectivity index is 2.06. The molecule has 0 saturated heterocycles. The maximum absolute atomic E-state index is 11.9. The number of phenolic OH excluding ortho intramolecular Hbond substituents is 1. The van der Waals surface area contributed by atoms with Crippen LogP contribution in [0.4, 0.5) is 11.4 Å². The fourth-order valence-corrected chi connectivity index (χ4v) is 2.09. The van der Waals surface area contributed by atoms with Gasteiger partial charge in [0, 0.05) is 12.1 Å². The molecule has 0 saturated carbocycles. The highest BCUT2D eigenvalue weighted by molar-refractivity contribution is 5.93. The first-order chi connectivity index (χ1) is 10.9. The SMILES string of the molecule is Cc1cccc(C)c1OCC(=O)Nc1cc([N+](=O)[O-])ccc1O. The number of nitro groups is 1. The van der Waals surface area contributed by atoms with Gasteiger partial charge in [0.2, 0.25) is 0 Å². The second kappa shape index (κ2) is 6.78. The summed E-state index contributed by atoms with van der Waals surface area (Å²) in [4.78, 5) is 22.0. The Bertz CT molecular complexity index is 738. The van der Waals surface area contributed by atoms with Gasteiger partial charge in [0.1, 0.15) is 11.5 Å². The zero-order chi connectivity index (χ0) is 17.0. The summed E-state index contributed by atoms with van der Waals surface area (Å²) in [6, 6.07) is 9.02. The molecule has 0 heterocycles. The predicted octanol–water partition coefficient (Wildman–Crippen LogP) is 2.93. The number of aryl methyl sites for hydroxylation is 2. The Labute approximate surface area is 132 Å². The summed E-state index contributed by atoms with van der Waals surface area (Å²) in [6.45, 7) is 3.47. The highest BCUT2D eigenvalue weighted by atomic mass is 16.6. The van der Waals surface area contributed by atoms with Crippen LogP contribution >= 0.6 is 0 Å². The molecule has 2 aromatic carbocycles. The fourth-order valence-electron chi connectivity index (χ4n) is 2.09. The zero-order valence-electron chi connectivity index (χ0n) is 12.7. The Kier molecular flexibility index (Phi) is 4.80. The van der Waals surface area contributed by atoms with Crippen molar-refractivity contribution in [3.63, 3.8) is 0 Å². The van der Waals surface area contributed by atoms with E-state index < -0.39 is 10.8 Å². The normalized spacial score (nSPS) is 10.2. The number of anilines is 1. The molecule has 0 bridgehead atoms. The number of aromatic hydroxyl groups is 1. The molecule has 2 N–H and O–H groups in total. The molecule has 0 spiro atoms. The number of rotatable bonds is 5. The number of non-ortho nitro benzene ring substituents is 1. The summed E-state index contributed by atoms with van der Waals surface area (Å²) < 4.78 is 5.49. The van der Waals surface area contributed by atoms with Crippen molar-refractivity contribution in [1.29, 1.82) is 0 Å². The monoisotopic (exact) mass is 316 g/mol. The van der Waals surface area contributed by atoms with E-state index in [0.717, 1.165) is 29.3 Å². The summed E-state index contributed by atoms with van der Waals surface area (Å²) >= 11 is 0. The molecule has 0 aliphatic rings. The molecule has 7 nitrogen and oxygen atoms in total. The van der Waals surface area contributed by atoms with Crippen LogP contribution in [0.3, 0.4) is 0 Å². The van der Waals surface area contributed by atoms with Gasteiger partial charge in [-0.25, -0.2) is 0 Å². The van der Waals surface area contributed by atoms with Gasteiger partial charge in [-0.1, -0.05) is 18.2 Å². The molecule has 0 fully saturated rings. The third-order valence-corrected chi connectivity index (χ3v) is 3.22. The van der Waals surface area contributed by atoms with Crippen LogP contribution in [-0.2, 0) is 4.79 Å². The van der Waals surface area contributed by atoms with Gasteiger partial charge in [-0.15, -0.1) is 0 Å². The standard InChI is InChI=1S/C16H16N2O5/c1-10-4-3-5-11(2)16(10)23-9-15(20)17-13-8-12(18(21)22)6-7-14(13)19/h3-8,19H,9H2,1-2H3,(H,17,20). The molecule has 2 aromatic rings. The Morgan fingerprint density at radius 3 is 2.52 bits per heavy atom. The number of carbonyl (C=O) groups excluding carboxylic acids is 1. The summed E-state index contributed by atoms with van der Waals surface area (Å²) in [5.74, 6) is -0.162. The highest BCUT2D eigenvalue weighted by Crippen LogP contribution is 2.28. The first kappa shape index (κ1) is 16.3. The average Bonchev–Trinajstić information content (AvgIpc) is 2.48. The number of ether oxygens (including phenoxy) is 1. The molecule has 0 aromatic heterocycles. The van der Waals surface area contributed by atoms with Crippen LogP contribution in [-0.4, -0.2) is 22.5 Å². The van der Waals surface area contributed by atoms with E-state index >= 15 is 0 Å². The van der Waals surface area contributed by atoms with Crippen molar-refractivity contribution >= 4 is 17.3 Å². The van der Waals surface area contributed by atoms with Gasteiger partial charge in [-0.3, -0.25) is 14.9 Å². The molecule has 0 atom stereocenters. The molecule has 0 radical (unpaired) electrons. The average molecular weight is 316 g/mol. The maximum atomic E-state index is 11.9. The van der Waals surface area contributed by atoms with E-state index in [9.17, 15) is 20.0 Å². The molecule has 7 heteroatoms. The molecular formula is C16H16N2O5. The number of carbonyl (C=O) groups is 1. The number of hydrogen-bond acceptors (Lipinski definition) is 5. The van der Waals surface area contributed by atoms with Gasteiger partial charge >= 0.3 is 0 Å². The van der Waals surface area contributed by atoms with E-state index in [2.05, 4.69) is 5.32 Å². The lowest BCUT2D eigenvalue weighted by Gasteiger charge is -2.12. The number of hydrogen-bond donors (Lipinski definition) is 2. The second-order valence-corrected chi connectivity index (χ2v) is 5.02. The third-order valence-electron chi connectivity index (χ3n) is 3.22. The lowest BCUT2D eigenvalue weighted by atomic mass is 10.1. The van der Waals surface area contributed by atoms with Crippen LogP contribution in [0.1, 0.15) is 11.1 Å². The van der Waals surface area contributed by atoms with Crippen molar-refractivity contribution in [1.82, 2.24) is 0 Å². The molecule has 23 heavy (non-hydrogen) atoms. The number of amides is 1. The maximum Gasteiger partial charge on any atom is 0.271 e. The van der Waals surface area contributed by atoms with Crippen molar-refractivity contribution in [3.8, 4) is 11.5 Å². The summed E-state index contributed by atoms with van der Waals surface area (Å²) in [5, 5.41) is 22.8.